The number of nitrogens with zero attached hydrogens (tertiary/aromatic N) is 2. The van der Waals surface area contributed by atoms with Gasteiger partial charge in [0.05, 0.1) is 11.1 Å². The third kappa shape index (κ3) is 5.06. The second kappa shape index (κ2) is 11.9. The van der Waals surface area contributed by atoms with Gasteiger partial charge in [-0.05, 0) is 73.1 Å². The fourth-order valence-electron chi connectivity index (χ4n) is 7.40. The smallest absolute Gasteiger partial charge is 0.231 e. The van der Waals surface area contributed by atoms with Crippen LogP contribution in [-0.2, 0) is 0 Å². The molecule has 0 atom stereocenters. The summed E-state index contributed by atoms with van der Waals surface area (Å²) < 4.78 is 6.56. The maximum Gasteiger partial charge on any atom is 0.231 e. The third-order valence-corrected chi connectivity index (χ3v) is 9.91. The van der Waals surface area contributed by atoms with Crippen LogP contribution in [0.15, 0.2) is 186 Å². The van der Waals surface area contributed by atoms with E-state index in [1.807, 2.05) is 0 Å². The first-order valence-electron chi connectivity index (χ1n) is 17.2. The Labute approximate surface area is 295 Å². The molecule has 0 spiro atoms. The Morgan fingerprint density at radius 1 is 0.353 bits per heavy atom. The fraction of sp³-hybridized carbons (Fsp3) is 0. The summed E-state index contributed by atoms with van der Waals surface area (Å²) in [5.74, 6) is 0.643. The normalized spacial score (nSPS) is 11.5. The van der Waals surface area contributed by atoms with Crippen LogP contribution in [0.5, 0.6) is 0 Å². The van der Waals surface area contributed by atoms with Crippen LogP contribution in [0.2, 0.25) is 0 Å². The zero-order chi connectivity index (χ0) is 33.7. The lowest BCUT2D eigenvalue weighted by Crippen LogP contribution is -1.95. The van der Waals surface area contributed by atoms with Gasteiger partial charge in [-0.3, -0.25) is 0 Å². The number of benzene rings is 8. The zero-order valence-corrected chi connectivity index (χ0v) is 27.6. The van der Waals surface area contributed by atoms with Gasteiger partial charge in [-0.1, -0.05) is 164 Å². The molecule has 51 heavy (non-hydrogen) atoms. The monoisotopic (exact) mass is 650 g/mol. The van der Waals surface area contributed by atoms with Gasteiger partial charge in [-0.25, -0.2) is 4.98 Å². The number of hydrogen-bond acceptors (Lipinski definition) is 3. The topological polar surface area (TPSA) is 38.9 Å². The molecule has 8 aromatic carbocycles. The number of furan rings is 1. The molecule has 238 valence electrons. The Morgan fingerprint density at radius 3 is 1.65 bits per heavy atom. The van der Waals surface area contributed by atoms with Crippen molar-refractivity contribution in [2.45, 2.75) is 0 Å². The van der Waals surface area contributed by atoms with Crippen molar-refractivity contribution in [1.82, 2.24) is 9.97 Å². The lowest BCUT2D eigenvalue weighted by atomic mass is 9.95. The van der Waals surface area contributed by atoms with Gasteiger partial charge in [0, 0.05) is 16.5 Å². The number of hydrogen-bond donors (Lipinski definition) is 0. The molecule has 2 heterocycles. The van der Waals surface area contributed by atoms with Crippen molar-refractivity contribution < 1.29 is 4.42 Å². The largest absolute Gasteiger partial charge is 0.438 e. The van der Waals surface area contributed by atoms with Crippen LogP contribution in [0, 0.1) is 0 Å². The summed E-state index contributed by atoms with van der Waals surface area (Å²) in [5, 5.41) is 6.49. The van der Waals surface area contributed by atoms with Crippen molar-refractivity contribution in [3.05, 3.63) is 182 Å². The second-order valence-electron chi connectivity index (χ2n) is 13.0. The Morgan fingerprint density at radius 2 is 0.882 bits per heavy atom. The first-order valence-corrected chi connectivity index (χ1v) is 17.2. The van der Waals surface area contributed by atoms with Crippen molar-refractivity contribution >= 4 is 43.6 Å². The molecule has 2 aromatic heterocycles. The van der Waals surface area contributed by atoms with E-state index in [0.29, 0.717) is 11.5 Å². The minimum absolute atomic E-state index is 0.584. The average Bonchev–Trinajstić information content (AvgIpc) is 3.60. The van der Waals surface area contributed by atoms with E-state index in [0.717, 1.165) is 65.8 Å². The van der Waals surface area contributed by atoms with Gasteiger partial charge >= 0.3 is 0 Å². The van der Waals surface area contributed by atoms with E-state index in [2.05, 4.69) is 182 Å². The van der Waals surface area contributed by atoms with E-state index in [1.54, 1.807) is 0 Å². The molecular weight excluding hydrogens is 621 g/mol. The van der Waals surface area contributed by atoms with Gasteiger partial charge in [-0.15, -0.1) is 0 Å². The molecule has 0 N–H and O–H groups in total. The van der Waals surface area contributed by atoms with E-state index >= 15 is 0 Å². The van der Waals surface area contributed by atoms with Crippen molar-refractivity contribution in [2.24, 2.45) is 0 Å². The molecular formula is C48H30N2O. The minimum Gasteiger partial charge on any atom is -0.438 e. The van der Waals surface area contributed by atoms with Crippen LogP contribution in [0.3, 0.4) is 0 Å². The van der Waals surface area contributed by atoms with Gasteiger partial charge in [-0.2, -0.15) is 4.98 Å². The maximum absolute atomic E-state index is 6.56. The van der Waals surface area contributed by atoms with E-state index in [4.69, 9.17) is 14.4 Å². The maximum atomic E-state index is 6.56. The quantitative estimate of drug-likeness (QED) is 0.186. The lowest BCUT2D eigenvalue weighted by molar-refractivity contribution is 0.654. The van der Waals surface area contributed by atoms with Crippen LogP contribution >= 0.6 is 0 Å². The molecule has 0 radical (unpaired) electrons. The second-order valence-corrected chi connectivity index (χ2v) is 13.0. The molecule has 3 heteroatoms. The van der Waals surface area contributed by atoms with E-state index in [-0.39, 0.29) is 0 Å². The van der Waals surface area contributed by atoms with Crippen molar-refractivity contribution in [3.8, 4) is 56.0 Å². The highest BCUT2D eigenvalue weighted by atomic mass is 16.3. The Bertz CT molecular complexity index is 2900. The molecule has 0 aliphatic heterocycles. The number of fused-ring (bicyclic) bond motifs is 6. The lowest BCUT2D eigenvalue weighted by Gasteiger charge is -2.11. The molecule has 0 amide bonds. The summed E-state index contributed by atoms with van der Waals surface area (Å²) in [5.41, 5.74) is 11.3. The summed E-state index contributed by atoms with van der Waals surface area (Å²) in [6.45, 7) is 0. The van der Waals surface area contributed by atoms with Gasteiger partial charge < -0.3 is 4.42 Å². The standard InChI is InChI=1S/C48H30N2O/c1-2-11-31(12-3-1)32-23-25-33(26-24-32)36-16-8-17-37(29-36)38-18-9-19-39(30-38)46-45-44-41-21-7-5-14-35(41)27-28-43(44)51-48(45)50-47(49-46)42-22-10-15-34-13-4-6-20-40(34)42/h1-30H. The highest BCUT2D eigenvalue weighted by molar-refractivity contribution is 6.21. The van der Waals surface area contributed by atoms with E-state index < -0.39 is 0 Å². The summed E-state index contributed by atoms with van der Waals surface area (Å²) in [6, 6.07) is 64.1. The number of aromatic nitrogens is 2. The van der Waals surface area contributed by atoms with Crippen molar-refractivity contribution in [3.63, 3.8) is 0 Å². The molecule has 0 bridgehead atoms. The van der Waals surface area contributed by atoms with E-state index in [1.165, 1.54) is 22.3 Å². The summed E-state index contributed by atoms with van der Waals surface area (Å²) in [4.78, 5) is 10.5. The van der Waals surface area contributed by atoms with Crippen molar-refractivity contribution in [2.75, 3.05) is 0 Å². The third-order valence-electron chi connectivity index (χ3n) is 9.91. The molecule has 0 aliphatic rings. The molecule has 0 fully saturated rings. The van der Waals surface area contributed by atoms with Gasteiger partial charge in [0.15, 0.2) is 5.82 Å². The Kier molecular flexibility index (Phi) is 6.81. The van der Waals surface area contributed by atoms with Crippen LogP contribution in [0.1, 0.15) is 0 Å². The van der Waals surface area contributed by atoms with Gasteiger partial charge in [0.1, 0.15) is 5.58 Å². The Hall–Kier alpha value is -6.84. The van der Waals surface area contributed by atoms with Gasteiger partial charge in [0.25, 0.3) is 0 Å². The first-order chi connectivity index (χ1) is 25.3. The molecule has 3 nitrogen and oxygen atoms in total. The van der Waals surface area contributed by atoms with Gasteiger partial charge in [0.2, 0.25) is 5.71 Å². The van der Waals surface area contributed by atoms with E-state index in [9.17, 15) is 0 Å². The van der Waals surface area contributed by atoms with Crippen LogP contribution in [0.4, 0.5) is 0 Å². The first kappa shape index (κ1) is 29.1. The molecule has 0 unspecified atom stereocenters. The van der Waals surface area contributed by atoms with Crippen LogP contribution < -0.4 is 0 Å². The average molecular weight is 651 g/mol. The number of rotatable bonds is 5. The summed E-state index contributed by atoms with van der Waals surface area (Å²) in [6.07, 6.45) is 0. The zero-order valence-electron chi connectivity index (χ0n) is 27.6. The summed E-state index contributed by atoms with van der Waals surface area (Å²) >= 11 is 0. The molecule has 0 aliphatic carbocycles. The van der Waals surface area contributed by atoms with Crippen LogP contribution in [0.25, 0.3) is 99.6 Å². The fourth-order valence-corrected chi connectivity index (χ4v) is 7.40. The molecule has 0 saturated carbocycles. The molecule has 0 saturated heterocycles. The minimum atomic E-state index is 0.584. The summed E-state index contributed by atoms with van der Waals surface area (Å²) in [7, 11) is 0. The predicted octanol–water partition coefficient (Wildman–Crippen LogP) is 13.0. The van der Waals surface area contributed by atoms with Crippen molar-refractivity contribution in [1.29, 1.82) is 0 Å². The van der Waals surface area contributed by atoms with Crippen LogP contribution in [-0.4, -0.2) is 9.97 Å². The molecule has 10 rings (SSSR count). The predicted molar refractivity (Wildman–Crippen MR) is 212 cm³/mol. The highest BCUT2D eigenvalue weighted by Crippen LogP contribution is 2.41. The molecule has 10 aromatic rings. The highest BCUT2D eigenvalue weighted by Gasteiger charge is 2.21. The Balaban J connectivity index is 1.14. The SMILES string of the molecule is c1ccc(-c2ccc(-c3cccc(-c4cccc(-c5nc(-c6cccc7ccccc67)nc6oc7ccc8ccccc8c7c56)c4)c3)cc2)cc1.